The topological polar surface area (TPSA) is 114 Å². The van der Waals surface area contributed by atoms with Gasteiger partial charge in [0.1, 0.15) is 0 Å². The quantitative estimate of drug-likeness (QED) is 0.500. The zero-order valence-electron chi connectivity index (χ0n) is 14.9. The van der Waals surface area contributed by atoms with Gasteiger partial charge in [-0.15, -0.1) is 10.2 Å². The average Bonchev–Trinajstić information content (AvgIpc) is 3.44. The van der Waals surface area contributed by atoms with E-state index in [0.29, 0.717) is 34.3 Å². The molecule has 9 nitrogen and oxygen atoms in total. The minimum Gasteiger partial charge on any atom is -0.360 e. The van der Waals surface area contributed by atoms with Crippen LogP contribution in [0.1, 0.15) is 22.0 Å². The van der Waals surface area contributed by atoms with E-state index >= 15 is 0 Å². The van der Waals surface area contributed by atoms with Crippen molar-refractivity contribution in [1.29, 1.82) is 0 Å². The van der Waals surface area contributed by atoms with Crippen molar-refractivity contribution in [1.82, 2.24) is 35.0 Å². The van der Waals surface area contributed by atoms with Crippen LogP contribution in [0, 0.1) is 6.92 Å². The molecule has 5 aromatic rings. The highest BCUT2D eigenvalue weighted by Gasteiger charge is 2.16. The monoisotopic (exact) mass is 373 g/mol. The molecule has 0 saturated heterocycles. The molecule has 1 aromatic carbocycles. The van der Waals surface area contributed by atoms with Crippen LogP contribution in [0.2, 0.25) is 0 Å². The maximum absolute atomic E-state index is 12.6. The van der Waals surface area contributed by atoms with Crippen LogP contribution in [-0.4, -0.2) is 35.6 Å². The van der Waals surface area contributed by atoms with Gasteiger partial charge in [0.25, 0.3) is 11.8 Å². The van der Waals surface area contributed by atoms with Gasteiger partial charge in [-0.1, -0.05) is 23.4 Å². The maximum atomic E-state index is 12.6. The molecule has 4 aromatic heterocycles. The number of H-pyrrole nitrogens is 1. The molecule has 0 radical (unpaired) electrons. The Morgan fingerprint density at radius 2 is 2.11 bits per heavy atom. The van der Waals surface area contributed by atoms with Gasteiger partial charge < -0.3 is 14.8 Å². The number of aryl methyl sites for hydroxylation is 1. The first-order chi connectivity index (χ1) is 13.7. The van der Waals surface area contributed by atoms with Crippen LogP contribution in [0.15, 0.2) is 53.3 Å². The third-order valence-corrected chi connectivity index (χ3v) is 4.50. The summed E-state index contributed by atoms with van der Waals surface area (Å²) < 4.78 is 7.04. The fourth-order valence-electron chi connectivity index (χ4n) is 3.17. The number of nitrogens with one attached hydrogen (secondary N) is 2. The smallest absolute Gasteiger partial charge is 0.261 e. The molecule has 5 rings (SSSR count). The first-order valence-electron chi connectivity index (χ1n) is 8.68. The summed E-state index contributed by atoms with van der Waals surface area (Å²) in [6.07, 6.45) is 3.53. The molecule has 138 valence electrons. The minimum absolute atomic E-state index is 0.183. The van der Waals surface area contributed by atoms with Gasteiger partial charge in [0.2, 0.25) is 0 Å². The number of aromatic amines is 1. The van der Waals surface area contributed by atoms with Gasteiger partial charge in [0.05, 0.1) is 17.7 Å². The summed E-state index contributed by atoms with van der Waals surface area (Å²) in [4.78, 5) is 20.0. The molecular weight excluding hydrogens is 358 g/mol. The molecule has 4 heterocycles. The summed E-state index contributed by atoms with van der Waals surface area (Å²) in [7, 11) is 0. The van der Waals surface area contributed by atoms with Crippen molar-refractivity contribution in [3.63, 3.8) is 0 Å². The van der Waals surface area contributed by atoms with Gasteiger partial charge in [-0.3, -0.25) is 9.20 Å². The van der Waals surface area contributed by atoms with Gasteiger partial charge in [-0.2, -0.15) is 4.98 Å². The highest BCUT2D eigenvalue weighted by molar-refractivity contribution is 6.06. The summed E-state index contributed by atoms with van der Waals surface area (Å²) in [5.41, 5.74) is 2.78. The summed E-state index contributed by atoms with van der Waals surface area (Å²) >= 11 is 0. The number of carbonyl (C=O) groups excluding carboxylic acids is 1. The molecule has 0 saturated carbocycles. The Kier molecular flexibility index (Phi) is 3.64. The van der Waals surface area contributed by atoms with Crippen LogP contribution < -0.4 is 5.32 Å². The van der Waals surface area contributed by atoms with Crippen molar-refractivity contribution in [2.45, 2.75) is 13.5 Å². The van der Waals surface area contributed by atoms with E-state index in [1.807, 2.05) is 42.6 Å². The Balaban J connectivity index is 1.42. The lowest BCUT2D eigenvalue weighted by Crippen LogP contribution is -2.23. The van der Waals surface area contributed by atoms with Crippen molar-refractivity contribution in [2.24, 2.45) is 0 Å². The number of nitrogens with zero attached hydrogens (tertiary/aromatic N) is 5. The summed E-state index contributed by atoms with van der Waals surface area (Å²) in [5.74, 6) is 1.34. The molecule has 0 aliphatic rings. The average molecular weight is 373 g/mol. The van der Waals surface area contributed by atoms with Crippen LogP contribution in [0.3, 0.4) is 0 Å². The van der Waals surface area contributed by atoms with Crippen LogP contribution in [0.5, 0.6) is 0 Å². The van der Waals surface area contributed by atoms with Gasteiger partial charge in [-0.25, -0.2) is 0 Å². The van der Waals surface area contributed by atoms with Crippen molar-refractivity contribution >= 4 is 22.5 Å². The molecule has 0 fully saturated rings. The minimum atomic E-state index is -0.183. The van der Waals surface area contributed by atoms with Crippen molar-refractivity contribution in [2.75, 3.05) is 0 Å². The first-order valence-corrected chi connectivity index (χ1v) is 8.68. The summed E-state index contributed by atoms with van der Waals surface area (Å²) in [5, 5.41) is 16.0. The number of para-hydroxylation sites is 1. The second-order valence-corrected chi connectivity index (χ2v) is 6.31. The van der Waals surface area contributed by atoms with E-state index in [9.17, 15) is 4.79 Å². The van der Waals surface area contributed by atoms with Crippen LogP contribution in [0.4, 0.5) is 0 Å². The molecule has 2 N–H and O–H groups in total. The van der Waals surface area contributed by atoms with Crippen molar-refractivity contribution in [3.8, 4) is 11.5 Å². The lowest BCUT2D eigenvalue weighted by atomic mass is 10.1. The van der Waals surface area contributed by atoms with Gasteiger partial charge in [-0.05, 0) is 25.1 Å². The molecule has 0 aliphatic heterocycles. The van der Waals surface area contributed by atoms with Crippen LogP contribution in [0.25, 0.3) is 28.0 Å². The lowest BCUT2D eigenvalue weighted by molar-refractivity contribution is 0.0951. The Morgan fingerprint density at radius 3 is 2.96 bits per heavy atom. The Bertz CT molecular complexity index is 1310. The molecule has 0 aliphatic carbocycles. The number of amides is 1. The molecule has 0 unspecified atom stereocenters. The SMILES string of the molecule is Cc1noc(-c2cccn3c(CNC(=O)c4c[nH]c5ccccc45)nnc23)n1. The predicted molar refractivity (Wildman–Crippen MR) is 100 cm³/mol. The number of rotatable bonds is 4. The maximum Gasteiger partial charge on any atom is 0.261 e. The van der Waals surface area contributed by atoms with E-state index in [-0.39, 0.29) is 12.5 Å². The van der Waals surface area contributed by atoms with Gasteiger partial charge >= 0.3 is 0 Å². The molecule has 0 atom stereocenters. The first kappa shape index (κ1) is 16.2. The van der Waals surface area contributed by atoms with Crippen LogP contribution in [-0.2, 0) is 6.54 Å². The molecular formula is C19H15N7O2. The Hall–Kier alpha value is -4.01. The largest absolute Gasteiger partial charge is 0.360 e. The van der Waals surface area contributed by atoms with Crippen LogP contribution >= 0.6 is 0 Å². The number of pyridine rings is 1. The Labute approximate surface area is 158 Å². The molecule has 9 heteroatoms. The molecule has 0 bridgehead atoms. The zero-order valence-corrected chi connectivity index (χ0v) is 14.9. The third-order valence-electron chi connectivity index (χ3n) is 4.50. The second kappa shape index (κ2) is 6.31. The van der Waals surface area contributed by atoms with E-state index in [4.69, 9.17) is 4.52 Å². The standard InChI is InChI=1S/C19H15N7O2/c1-11-22-19(28-25-11)13-6-4-8-26-16(23-24-17(13)26)10-21-18(27)14-9-20-15-7-3-2-5-12(14)15/h2-9,20H,10H2,1H3,(H,21,27). The molecule has 0 spiro atoms. The number of carbonyl (C=O) groups is 1. The van der Waals surface area contributed by atoms with E-state index in [1.54, 1.807) is 17.5 Å². The zero-order chi connectivity index (χ0) is 19.1. The summed E-state index contributed by atoms with van der Waals surface area (Å²) in [6, 6.07) is 11.3. The van der Waals surface area contributed by atoms with E-state index in [1.165, 1.54) is 0 Å². The predicted octanol–water partition coefficient (Wildman–Crippen LogP) is 2.50. The second-order valence-electron chi connectivity index (χ2n) is 6.31. The van der Waals surface area contributed by atoms with E-state index in [2.05, 4.69) is 30.6 Å². The number of aromatic nitrogens is 6. The number of fused-ring (bicyclic) bond motifs is 2. The lowest BCUT2D eigenvalue weighted by Gasteiger charge is -2.04. The Morgan fingerprint density at radius 1 is 1.21 bits per heavy atom. The number of hydrogen-bond acceptors (Lipinski definition) is 6. The van der Waals surface area contributed by atoms with Crippen molar-refractivity contribution < 1.29 is 9.32 Å². The van der Waals surface area contributed by atoms with E-state index < -0.39 is 0 Å². The van der Waals surface area contributed by atoms with Crippen molar-refractivity contribution in [3.05, 3.63) is 66.0 Å². The molecule has 28 heavy (non-hydrogen) atoms. The third kappa shape index (κ3) is 2.60. The highest BCUT2D eigenvalue weighted by Crippen LogP contribution is 2.22. The normalized spacial score (nSPS) is 11.3. The fourth-order valence-corrected chi connectivity index (χ4v) is 3.17. The number of hydrogen-bond donors (Lipinski definition) is 2. The van der Waals surface area contributed by atoms with Gasteiger partial charge in [0, 0.05) is 23.3 Å². The summed E-state index contributed by atoms with van der Waals surface area (Å²) in [6.45, 7) is 1.98. The van der Waals surface area contributed by atoms with Gasteiger partial charge in [0.15, 0.2) is 17.3 Å². The molecule has 1 amide bonds. The fraction of sp³-hybridized carbons (Fsp3) is 0.105. The highest BCUT2D eigenvalue weighted by atomic mass is 16.5. The van der Waals surface area contributed by atoms with E-state index in [0.717, 1.165) is 10.9 Å². The number of benzene rings is 1.